The highest BCUT2D eigenvalue weighted by Gasteiger charge is 1.90. The van der Waals surface area contributed by atoms with E-state index in [4.69, 9.17) is 4.89 Å². The van der Waals surface area contributed by atoms with Crippen LogP contribution in [-0.2, 0) is 4.57 Å². The summed E-state index contributed by atoms with van der Waals surface area (Å²) in [4.78, 5) is 8.44. The fraction of sp³-hybridized carbons (Fsp3) is 1.00. The average Bonchev–Trinajstić information content (AvgIpc) is 1.96. The summed E-state index contributed by atoms with van der Waals surface area (Å²) in [5, 5.41) is 2.93. The second-order valence-electron chi connectivity index (χ2n) is 2.63. The van der Waals surface area contributed by atoms with Gasteiger partial charge in [0.2, 0.25) is 8.03 Å². The van der Waals surface area contributed by atoms with Crippen LogP contribution in [0.2, 0.25) is 0 Å². The first-order valence-corrected chi connectivity index (χ1v) is 5.76. The Morgan fingerprint density at radius 2 is 2.09 bits per heavy atom. The second-order valence-corrected chi connectivity index (χ2v) is 3.77. The van der Waals surface area contributed by atoms with Crippen molar-refractivity contribution in [3.05, 3.63) is 0 Å². The van der Waals surface area contributed by atoms with Gasteiger partial charge < -0.3 is 10.2 Å². The van der Waals surface area contributed by atoms with Gasteiger partial charge in [-0.3, -0.25) is 4.57 Å². The molecule has 0 amide bonds. The van der Waals surface area contributed by atoms with Crippen LogP contribution in [0.15, 0.2) is 0 Å². The Bertz CT molecular complexity index is 109. The van der Waals surface area contributed by atoms with Crippen molar-refractivity contribution < 1.29 is 9.46 Å². The topological polar surface area (TPSA) is 49.3 Å². The van der Waals surface area contributed by atoms with Crippen LogP contribution in [-0.4, -0.2) is 17.7 Å². The molecule has 0 fully saturated rings. The summed E-state index contributed by atoms with van der Waals surface area (Å²) >= 11 is 0. The second kappa shape index (κ2) is 8.25. The molecule has 68 valence electrons. The highest BCUT2D eigenvalue weighted by Crippen LogP contribution is 2.08. The minimum Gasteiger partial charge on any atom is -0.345 e. The van der Waals surface area contributed by atoms with Crippen LogP contribution < -0.4 is 5.32 Å². The van der Waals surface area contributed by atoms with Crippen molar-refractivity contribution in [3.8, 4) is 0 Å². The number of nitrogens with one attached hydrogen (secondary N) is 1. The molecule has 3 nitrogen and oxygen atoms in total. The van der Waals surface area contributed by atoms with Crippen molar-refractivity contribution in [1.29, 1.82) is 0 Å². The van der Waals surface area contributed by atoms with Crippen LogP contribution in [0.4, 0.5) is 0 Å². The molecule has 0 heterocycles. The molecule has 1 atom stereocenters. The van der Waals surface area contributed by atoms with Crippen LogP contribution >= 0.6 is 8.03 Å². The summed E-state index contributed by atoms with van der Waals surface area (Å²) < 4.78 is 10.2. The van der Waals surface area contributed by atoms with Gasteiger partial charge in [-0.25, -0.2) is 0 Å². The maximum atomic E-state index is 10.2. The smallest absolute Gasteiger partial charge is 0.202 e. The molecule has 0 aromatic rings. The Balaban J connectivity index is 2.85. The van der Waals surface area contributed by atoms with Crippen LogP contribution in [0, 0.1) is 0 Å². The minimum atomic E-state index is -2.29. The third-order valence-electron chi connectivity index (χ3n) is 1.48. The van der Waals surface area contributed by atoms with E-state index in [1.807, 2.05) is 0 Å². The van der Waals surface area contributed by atoms with E-state index in [0.29, 0.717) is 0 Å². The quantitative estimate of drug-likeness (QED) is 0.461. The molecule has 0 aromatic heterocycles. The highest BCUT2D eigenvalue weighted by molar-refractivity contribution is 7.37. The first-order valence-electron chi connectivity index (χ1n) is 4.20. The minimum absolute atomic E-state index is 0.275. The fourth-order valence-electron chi connectivity index (χ4n) is 0.872. The van der Waals surface area contributed by atoms with Crippen LogP contribution in [0.1, 0.15) is 32.6 Å². The van der Waals surface area contributed by atoms with Gasteiger partial charge in [-0.1, -0.05) is 26.2 Å². The SMILES string of the molecule is CCCCCCNC[PH](=O)O. The van der Waals surface area contributed by atoms with Gasteiger partial charge in [0.25, 0.3) is 0 Å². The summed E-state index contributed by atoms with van der Waals surface area (Å²) in [6, 6.07) is 0. The molecule has 0 aliphatic rings. The number of hydrogen-bond acceptors (Lipinski definition) is 2. The molecule has 0 saturated carbocycles. The number of rotatable bonds is 7. The molecule has 0 aliphatic heterocycles. The van der Waals surface area contributed by atoms with Crippen molar-refractivity contribution in [2.75, 3.05) is 12.8 Å². The maximum absolute atomic E-state index is 10.2. The summed E-state index contributed by atoms with van der Waals surface area (Å²) in [7, 11) is -2.29. The van der Waals surface area contributed by atoms with Gasteiger partial charge >= 0.3 is 0 Å². The predicted molar refractivity (Wildman–Crippen MR) is 48.2 cm³/mol. The molecule has 0 spiro atoms. The van der Waals surface area contributed by atoms with Crippen LogP contribution in [0.3, 0.4) is 0 Å². The largest absolute Gasteiger partial charge is 0.345 e. The lowest BCUT2D eigenvalue weighted by Gasteiger charge is -2.00. The summed E-state index contributed by atoms with van der Waals surface area (Å²) in [5.74, 6) is 0. The molecular formula is C7H18NO2P. The highest BCUT2D eigenvalue weighted by atomic mass is 31.1. The standard InChI is InChI=1S/C7H18NO2P/c1-2-3-4-5-6-8-7-11(9)10/h8,11H,2-7H2,1H3,(H,9,10). The number of unbranched alkanes of at least 4 members (excludes halogenated alkanes) is 3. The van der Waals surface area contributed by atoms with Gasteiger partial charge in [0, 0.05) is 0 Å². The summed E-state index contributed by atoms with van der Waals surface area (Å²) in [6.07, 6.45) is 5.10. The van der Waals surface area contributed by atoms with Gasteiger partial charge in [0.15, 0.2) is 0 Å². The Hall–Kier alpha value is 0.150. The van der Waals surface area contributed by atoms with E-state index in [-0.39, 0.29) is 6.29 Å². The van der Waals surface area contributed by atoms with Crippen molar-refractivity contribution in [1.82, 2.24) is 5.32 Å². The van der Waals surface area contributed by atoms with Crippen LogP contribution in [0.5, 0.6) is 0 Å². The zero-order valence-electron chi connectivity index (χ0n) is 7.10. The fourth-order valence-corrected chi connectivity index (χ4v) is 1.26. The number of hydrogen-bond donors (Lipinski definition) is 2. The Kier molecular flexibility index (Phi) is 8.36. The molecule has 0 aromatic carbocycles. The molecule has 0 aliphatic carbocycles. The van der Waals surface area contributed by atoms with Gasteiger partial charge in [-0.2, -0.15) is 0 Å². The van der Waals surface area contributed by atoms with E-state index in [1.165, 1.54) is 19.3 Å². The molecule has 2 N–H and O–H groups in total. The molecule has 1 unspecified atom stereocenters. The summed E-state index contributed by atoms with van der Waals surface area (Å²) in [6.45, 7) is 3.04. The lowest BCUT2D eigenvalue weighted by Crippen LogP contribution is -2.13. The first kappa shape index (κ1) is 11.2. The molecule has 0 bridgehead atoms. The maximum Gasteiger partial charge on any atom is 0.202 e. The van der Waals surface area contributed by atoms with E-state index in [1.54, 1.807) is 0 Å². The van der Waals surface area contributed by atoms with Crippen LogP contribution in [0.25, 0.3) is 0 Å². The third-order valence-corrected chi connectivity index (χ3v) is 2.04. The van der Waals surface area contributed by atoms with Gasteiger partial charge in [0.1, 0.15) is 0 Å². The van der Waals surface area contributed by atoms with Gasteiger partial charge in [-0.05, 0) is 13.0 Å². The van der Waals surface area contributed by atoms with Crippen molar-refractivity contribution in [3.63, 3.8) is 0 Å². The Morgan fingerprint density at radius 1 is 1.36 bits per heavy atom. The third kappa shape index (κ3) is 10.2. The van der Waals surface area contributed by atoms with E-state index in [9.17, 15) is 4.57 Å². The lowest BCUT2D eigenvalue weighted by molar-refractivity contribution is 0.495. The summed E-state index contributed by atoms with van der Waals surface area (Å²) in [5.41, 5.74) is 0. The first-order chi connectivity index (χ1) is 5.27. The predicted octanol–water partition coefficient (Wildman–Crippen LogP) is 1.58. The van der Waals surface area contributed by atoms with E-state index in [2.05, 4.69) is 12.2 Å². The molecule has 0 radical (unpaired) electrons. The zero-order valence-corrected chi connectivity index (χ0v) is 8.10. The molecule has 0 rings (SSSR count). The molecule has 0 saturated heterocycles. The van der Waals surface area contributed by atoms with Gasteiger partial charge in [0.05, 0.1) is 6.29 Å². The normalized spacial score (nSPS) is 13.3. The van der Waals surface area contributed by atoms with Crippen molar-refractivity contribution in [2.45, 2.75) is 32.6 Å². The Labute approximate surface area is 69.1 Å². The molecule has 11 heavy (non-hydrogen) atoms. The molecule has 4 heteroatoms. The van der Waals surface area contributed by atoms with E-state index >= 15 is 0 Å². The zero-order chi connectivity index (χ0) is 8.53. The van der Waals surface area contributed by atoms with E-state index < -0.39 is 8.03 Å². The lowest BCUT2D eigenvalue weighted by atomic mass is 10.2. The monoisotopic (exact) mass is 179 g/mol. The van der Waals surface area contributed by atoms with Crippen molar-refractivity contribution in [2.24, 2.45) is 0 Å². The Morgan fingerprint density at radius 3 is 2.64 bits per heavy atom. The average molecular weight is 179 g/mol. The van der Waals surface area contributed by atoms with Crippen molar-refractivity contribution >= 4 is 8.03 Å². The molecular weight excluding hydrogens is 161 g/mol. The van der Waals surface area contributed by atoms with E-state index in [0.717, 1.165) is 13.0 Å². The van der Waals surface area contributed by atoms with Gasteiger partial charge in [-0.15, -0.1) is 0 Å².